The lowest BCUT2D eigenvalue weighted by molar-refractivity contribution is 0.199. The molecule has 1 unspecified atom stereocenters. The summed E-state index contributed by atoms with van der Waals surface area (Å²) in [7, 11) is 3.72. The Morgan fingerprint density at radius 2 is 2.28 bits per heavy atom. The molecular formula is C14H18N2O2. The zero-order chi connectivity index (χ0) is 13.0. The Hall–Kier alpha value is -1.73. The highest BCUT2D eigenvalue weighted by atomic mass is 16.5. The van der Waals surface area contributed by atoms with Crippen LogP contribution in [0.25, 0.3) is 0 Å². The van der Waals surface area contributed by atoms with E-state index < -0.39 is 0 Å². The normalized spacial score (nSPS) is 19.5. The van der Waals surface area contributed by atoms with Gasteiger partial charge in [-0.15, -0.1) is 0 Å². The van der Waals surface area contributed by atoms with Gasteiger partial charge in [0.25, 0.3) is 0 Å². The molecule has 1 aromatic rings. The molecular weight excluding hydrogens is 228 g/mol. The number of rotatable bonds is 4. The molecule has 0 N–H and O–H groups in total. The number of nitrogens with zero attached hydrogens (tertiary/aromatic N) is 2. The van der Waals surface area contributed by atoms with Gasteiger partial charge in [0.05, 0.1) is 19.6 Å². The molecule has 4 nitrogen and oxygen atoms in total. The van der Waals surface area contributed by atoms with Crippen LogP contribution in [0.3, 0.4) is 0 Å². The highest BCUT2D eigenvalue weighted by Gasteiger charge is 2.22. The smallest absolute Gasteiger partial charge is 0.161 e. The van der Waals surface area contributed by atoms with E-state index in [1.54, 1.807) is 7.11 Å². The van der Waals surface area contributed by atoms with E-state index in [1.165, 1.54) is 0 Å². The van der Waals surface area contributed by atoms with Crippen LogP contribution >= 0.6 is 0 Å². The maximum Gasteiger partial charge on any atom is 0.161 e. The Morgan fingerprint density at radius 1 is 1.44 bits per heavy atom. The van der Waals surface area contributed by atoms with Crippen molar-refractivity contribution in [1.29, 1.82) is 5.26 Å². The highest BCUT2D eigenvalue weighted by Crippen LogP contribution is 2.30. The van der Waals surface area contributed by atoms with Gasteiger partial charge >= 0.3 is 0 Å². The topological polar surface area (TPSA) is 45.5 Å². The van der Waals surface area contributed by atoms with Crippen LogP contribution in [0, 0.1) is 11.3 Å². The lowest BCUT2D eigenvalue weighted by Crippen LogP contribution is -2.21. The third-order valence-electron chi connectivity index (χ3n) is 3.15. The van der Waals surface area contributed by atoms with Gasteiger partial charge in [0.1, 0.15) is 6.10 Å². The van der Waals surface area contributed by atoms with Crippen LogP contribution in [0.5, 0.6) is 11.5 Å². The van der Waals surface area contributed by atoms with Crippen molar-refractivity contribution < 1.29 is 9.47 Å². The van der Waals surface area contributed by atoms with E-state index in [-0.39, 0.29) is 6.10 Å². The number of hydrogen-bond acceptors (Lipinski definition) is 4. The van der Waals surface area contributed by atoms with Crippen LogP contribution in [0.15, 0.2) is 18.2 Å². The second-order valence-electron chi connectivity index (χ2n) is 4.61. The first-order valence-electron chi connectivity index (χ1n) is 6.12. The van der Waals surface area contributed by atoms with Gasteiger partial charge in [-0.2, -0.15) is 5.26 Å². The molecule has 1 fully saturated rings. The molecule has 0 aromatic heterocycles. The van der Waals surface area contributed by atoms with E-state index in [4.69, 9.17) is 14.7 Å². The number of hydrogen-bond donors (Lipinski definition) is 0. The molecule has 96 valence electrons. The lowest BCUT2D eigenvalue weighted by atomic mass is 10.1. The van der Waals surface area contributed by atoms with Gasteiger partial charge in [0.15, 0.2) is 11.5 Å². The molecule has 1 aliphatic rings. The van der Waals surface area contributed by atoms with Crippen molar-refractivity contribution in [3.8, 4) is 17.6 Å². The van der Waals surface area contributed by atoms with Crippen molar-refractivity contribution >= 4 is 0 Å². The zero-order valence-electron chi connectivity index (χ0n) is 10.8. The Labute approximate surface area is 108 Å². The van der Waals surface area contributed by atoms with E-state index in [0.29, 0.717) is 12.2 Å². The molecule has 0 bridgehead atoms. The summed E-state index contributed by atoms with van der Waals surface area (Å²) in [6.45, 7) is 2.02. The second kappa shape index (κ2) is 5.74. The SMILES string of the molecule is COc1cc(CC#N)ccc1OC1CCN(C)C1. The molecule has 2 rings (SSSR count). The largest absolute Gasteiger partial charge is 0.493 e. The summed E-state index contributed by atoms with van der Waals surface area (Å²) < 4.78 is 11.3. The third-order valence-corrected chi connectivity index (χ3v) is 3.15. The quantitative estimate of drug-likeness (QED) is 0.813. The van der Waals surface area contributed by atoms with Crippen molar-refractivity contribution in [3.63, 3.8) is 0 Å². The molecule has 0 amide bonds. The standard InChI is InChI=1S/C14H18N2O2/c1-16-8-6-12(10-16)18-13-4-3-11(5-7-15)9-14(13)17-2/h3-4,9,12H,5-6,8,10H2,1-2H3. The first kappa shape index (κ1) is 12.7. The third kappa shape index (κ3) is 2.93. The van der Waals surface area contributed by atoms with Crippen molar-refractivity contribution in [3.05, 3.63) is 23.8 Å². The Balaban J connectivity index is 2.10. The summed E-state index contributed by atoms with van der Waals surface area (Å²) in [4.78, 5) is 2.25. The predicted molar refractivity (Wildman–Crippen MR) is 68.8 cm³/mol. The molecule has 4 heteroatoms. The van der Waals surface area contributed by atoms with Crippen LogP contribution < -0.4 is 9.47 Å². The minimum atomic E-state index is 0.228. The van der Waals surface area contributed by atoms with Gasteiger partial charge < -0.3 is 14.4 Å². The van der Waals surface area contributed by atoms with Gasteiger partial charge in [0.2, 0.25) is 0 Å². The van der Waals surface area contributed by atoms with E-state index >= 15 is 0 Å². The molecule has 0 spiro atoms. The van der Waals surface area contributed by atoms with Gasteiger partial charge in [0, 0.05) is 13.1 Å². The van der Waals surface area contributed by atoms with E-state index in [9.17, 15) is 0 Å². The zero-order valence-corrected chi connectivity index (χ0v) is 10.8. The first-order chi connectivity index (χ1) is 8.72. The summed E-state index contributed by atoms with van der Waals surface area (Å²) in [6, 6.07) is 7.81. The van der Waals surface area contributed by atoms with E-state index in [2.05, 4.69) is 18.0 Å². The Morgan fingerprint density at radius 3 is 2.89 bits per heavy atom. The molecule has 1 heterocycles. The van der Waals surface area contributed by atoms with Gasteiger partial charge in [-0.05, 0) is 31.2 Å². The van der Waals surface area contributed by atoms with Gasteiger partial charge in [-0.3, -0.25) is 0 Å². The Kier molecular flexibility index (Phi) is 4.06. The summed E-state index contributed by atoms with van der Waals surface area (Å²) in [5, 5.41) is 8.68. The van der Waals surface area contributed by atoms with E-state index in [0.717, 1.165) is 30.8 Å². The average Bonchev–Trinajstić information content (AvgIpc) is 2.77. The van der Waals surface area contributed by atoms with Crippen molar-refractivity contribution in [2.75, 3.05) is 27.2 Å². The number of nitriles is 1. The minimum Gasteiger partial charge on any atom is -0.493 e. The summed E-state index contributed by atoms with van der Waals surface area (Å²) in [5.74, 6) is 1.47. The first-order valence-corrected chi connectivity index (χ1v) is 6.12. The number of methoxy groups -OCH3 is 1. The summed E-state index contributed by atoms with van der Waals surface area (Å²) in [5.41, 5.74) is 0.949. The molecule has 1 atom stereocenters. The fourth-order valence-electron chi connectivity index (χ4n) is 2.18. The second-order valence-corrected chi connectivity index (χ2v) is 4.61. The molecule has 1 aliphatic heterocycles. The molecule has 18 heavy (non-hydrogen) atoms. The van der Waals surface area contributed by atoms with Crippen LogP contribution in [-0.4, -0.2) is 38.3 Å². The van der Waals surface area contributed by atoms with Crippen LogP contribution in [0.1, 0.15) is 12.0 Å². The summed E-state index contributed by atoms with van der Waals surface area (Å²) in [6.07, 6.45) is 1.66. The van der Waals surface area contributed by atoms with Crippen molar-refractivity contribution in [2.45, 2.75) is 18.9 Å². The minimum absolute atomic E-state index is 0.228. The molecule has 0 saturated carbocycles. The molecule has 1 saturated heterocycles. The summed E-state index contributed by atoms with van der Waals surface area (Å²) >= 11 is 0. The van der Waals surface area contributed by atoms with Crippen LogP contribution in [0.4, 0.5) is 0 Å². The lowest BCUT2D eigenvalue weighted by Gasteiger charge is -2.16. The number of likely N-dealkylation sites (tertiary alicyclic amines) is 1. The maximum absolute atomic E-state index is 8.68. The fraction of sp³-hybridized carbons (Fsp3) is 0.500. The highest BCUT2D eigenvalue weighted by molar-refractivity contribution is 5.43. The fourth-order valence-corrected chi connectivity index (χ4v) is 2.18. The Bertz CT molecular complexity index is 454. The number of benzene rings is 1. The van der Waals surface area contributed by atoms with Crippen molar-refractivity contribution in [1.82, 2.24) is 4.90 Å². The van der Waals surface area contributed by atoms with E-state index in [1.807, 2.05) is 18.2 Å². The number of ether oxygens (including phenoxy) is 2. The molecule has 1 aromatic carbocycles. The van der Waals surface area contributed by atoms with Crippen LogP contribution in [-0.2, 0) is 6.42 Å². The van der Waals surface area contributed by atoms with Gasteiger partial charge in [-0.25, -0.2) is 0 Å². The van der Waals surface area contributed by atoms with Crippen LogP contribution in [0.2, 0.25) is 0 Å². The molecule has 0 radical (unpaired) electrons. The van der Waals surface area contributed by atoms with Crippen molar-refractivity contribution in [2.24, 2.45) is 0 Å². The maximum atomic E-state index is 8.68. The molecule has 0 aliphatic carbocycles. The predicted octanol–water partition coefficient (Wildman–Crippen LogP) is 1.84. The van der Waals surface area contributed by atoms with Gasteiger partial charge in [-0.1, -0.05) is 6.07 Å². The number of likely N-dealkylation sites (N-methyl/N-ethyl adjacent to an activating group) is 1. The monoisotopic (exact) mass is 246 g/mol. The average molecular weight is 246 g/mol.